The first-order valence-electron chi connectivity index (χ1n) is 8.24. The molecule has 1 aliphatic rings. The van der Waals surface area contributed by atoms with Crippen LogP contribution in [0.5, 0.6) is 0 Å². The summed E-state index contributed by atoms with van der Waals surface area (Å²) in [5, 5.41) is 8.74. The summed E-state index contributed by atoms with van der Waals surface area (Å²) in [5.41, 5.74) is 2.77. The van der Waals surface area contributed by atoms with Crippen LogP contribution in [-0.2, 0) is 0 Å². The number of aromatic nitrogens is 3. The fraction of sp³-hybridized carbons (Fsp3) is 0.412. The van der Waals surface area contributed by atoms with E-state index >= 15 is 0 Å². The lowest BCUT2D eigenvalue weighted by Crippen LogP contribution is -2.51. The fourth-order valence-corrected chi connectivity index (χ4v) is 3.31. The van der Waals surface area contributed by atoms with E-state index in [9.17, 15) is 8.78 Å². The van der Waals surface area contributed by atoms with Gasteiger partial charge in [0.15, 0.2) is 5.82 Å². The van der Waals surface area contributed by atoms with Gasteiger partial charge in [0.25, 0.3) is 5.92 Å². The molecule has 4 rings (SSSR count). The van der Waals surface area contributed by atoms with E-state index in [0.717, 1.165) is 22.4 Å². The molecule has 2 aromatic heterocycles. The van der Waals surface area contributed by atoms with Crippen LogP contribution in [0.15, 0.2) is 36.8 Å². The van der Waals surface area contributed by atoms with Crippen LogP contribution in [0.3, 0.4) is 0 Å². The average molecular weight is 347 g/mol. The Morgan fingerprint density at radius 3 is 2.60 bits per heavy atom. The van der Waals surface area contributed by atoms with Gasteiger partial charge in [-0.2, -0.15) is 0 Å². The summed E-state index contributed by atoms with van der Waals surface area (Å²) in [7, 11) is 0. The number of rotatable bonds is 4. The summed E-state index contributed by atoms with van der Waals surface area (Å²) in [6.45, 7) is 0.691. The number of anilines is 1. The molecule has 1 N–H and O–H groups in total. The Hall–Kier alpha value is -2.32. The zero-order chi connectivity index (χ0) is 17.4. The zero-order valence-corrected chi connectivity index (χ0v) is 13.6. The number of imidazole rings is 1. The second-order valence-corrected chi connectivity index (χ2v) is 6.35. The van der Waals surface area contributed by atoms with E-state index in [0.29, 0.717) is 26.2 Å². The summed E-state index contributed by atoms with van der Waals surface area (Å²) in [4.78, 5) is 12.8. The molecule has 6 nitrogen and oxygen atoms in total. The van der Waals surface area contributed by atoms with Crippen LogP contribution in [-0.4, -0.2) is 69.6 Å². The molecule has 1 aromatic carbocycles. The minimum Gasteiger partial charge on any atom is -0.390 e. The molecule has 3 aromatic rings. The molecule has 8 heteroatoms. The highest BCUT2D eigenvalue weighted by Crippen LogP contribution is 2.26. The number of piperazine rings is 1. The van der Waals surface area contributed by atoms with Crippen molar-refractivity contribution in [3.05, 3.63) is 36.8 Å². The first-order chi connectivity index (χ1) is 12.1. The van der Waals surface area contributed by atoms with Gasteiger partial charge in [-0.15, -0.1) is 0 Å². The Balaban J connectivity index is 1.59. The molecule has 0 bridgehead atoms. The maximum Gasteiger partial charge on any atom is 0.283 e. The highest BCUT2D eigenvalue weighted by atomic mass is 19.3. The Morgan fingerprint density at radius 2 is 1.84 bits per heavy atom. The van der Waals surface area contributed by atoms with E-state index in [-0.39, 0.29) is 0 Å². The molecular formula is C17H19F2N5O. The number of fused-ring (bicyclic) bond motifs is 3. The number of para-hydroxylation sites is 2. The molecule has 0 aliphatic carbocycles. The standard InChI is InChI=1S/C17H19F2N5O/c18-17(19,11-25)10-22-5-7-23(8-6-22)16-15-9-20-12-24(15)14-4-2-1-3-13(14)21-16/h1-4,9,12,25H,5-8,10-11H2. The lowest BCUT2D eigenvalue weighted by atomic mass is 10.2. The van der Waals surface area contributed by atoms with Crippen molar-refractivity contribution in [2.45, 2.75) is 5.92 Å². The van der Waals surface area contributed by atoms with Crippen LogP contribution in [0.2, 0.25) is 0 Å². The Morgan fingerprint density at radius 1 is 1.08 bits per heavy atom. The Kier molecular flexibility index (Phi) is 4.01. The molecule has 0 spiro atoms. The third kappa shape index (κ3) is 3.03. The van der Waals surface area contributed by atoms with Crippen molar-refractivity contribution in [2.24, 2.45) is 0 Å². The number of aliphatic hydroxyl groups excluding tert-OH is 1. The predicted molar refractivity (Wildman–Crippen MR) is 91.2 cm³/mol. The second-order valence-electron chi connectivity index (χ2n) is 6.35. The number of hydrogen-bond acceptors (Lipinski definition) is 5. The zero-order valence-electron chi connectivity index (χ0n) is 13.6. The molecule has 132 valence electrons. The molecule has 1 saturated heterocycles. The summed E-state index contributed by atoms with van der Waals surface area (Å²) in [6.07, 6.45) is 3.54. The highest BCUT2D eigenvalue weighted by Gasteiger charge is 2.32. The number of alkyl halides is 2. The molecule has 3 heterocycles. The molecule has 25 heavy (non-hydrogen) atoms. The lowest BCUT2D eigenvalue weighted by molar-refractivity contribution is -0.0733. The van der Waals surface area contributed by atoms with Gasteiger partial charge in [-0.1, -0.05) is 12.1 Å². The van der Waals surface area contributed by atoms with Gasteiger partial charge in [0.1, 0.15) is 12.1 Å². The quantitative estimate of drug-likeness (QED) is 0.777. The van der Waals surface area contributed by atoms with E-state index in [1.807, 2.05) is 28.7 Å². The van der Waals surface area contributed by atoms with Gasteiger partial charge >= 0.3 is 0 Å². The normalized spacial score (nSPS) is 16.8. The van der Waals surface area contributed by atoms with Gasteiger partial charge in [-0.05, 0) is 12.1 Å². The fourth-order valence-electron chi connectivity index (χ4n) is 3.31. The van der Waals surface area contributed by atoms with Crippen molar-refractivity contribution in [1.82, 2.24) is 19.3 Å². The number of aliphatic hydroxyl groups is 1. The van der Waals surface area contributed by atoms with Gasteiger partial charge < -0.3 is 10.0 Å². The Labute approximate surface area is 143 Å². The van der Waals surface area contributed by atoms with E-state index in [1.54, 1.807) is 17.4 Å². The van der Waals surface area contributed by atoms with Gasteiger partial charge in [0.2, 0.25) is 0 Å². The number of benzene rings is 1. The third-order valence-corrected chi connectivity index (χ3v) is 4.59. The highest BCUT2D eigenvalue weighted by molar-refractivity contribution is 5.84. The number of halogens is 2. The Bertz CT molecular complexity index is 889. The first-order valence-corrected chi connectivity index (χ1v) is 8.24. The molecular weight excluding hydrogens is 328 g/mol. The molecule has 0 atom stereocenters. The topological polar surface area (TPSA) is 56.9 Å². The van der Waals surface area contributed by atoms with Crippen molar-refractivity contribution < 1.29 is 13.9 Å². The van der Waals surface area contributed by atoms with E-state index in [4.69, 9.17) is 10.1 Å². The number of hydrogen-bond donors (Lipinski definition) is 1. The van der Waals surface area contributed by atoms with Crippen LogP contribution < -0.4 is 4.90 Å². The number of nitrogens with zero attached hydrogens (tertiary/aromatic N) is 5. The average Bonchev–Trinajstić information content (AvgIpc) is 3.11. The van der Waals surface area contributed by atoms with Crippen molar-refractivity contribution in [1.29, 1.82) is 0 Å². The SMILES string of the molecule is OCC(F)(F)CN1CCN(c2nc3ccccc3n3cncc23)CC1. The maximum atomic E-state index is 13.4. The van der Waals surface area contributed by atoms with Gasteiger partial charge in [0.05, 0.1) is 30.1 Å². The summed E-state index contributed by atoms with van der Waals surface area (Å²) in [6, 6.07) is 7.85. The second kappa shape index (κ2) is 6.20. The largest absolute Gasteiger partial charge is 0.390 e. The van der Waals surface area contributed by atoms with Crippen molar-refractivity contribution >= 4 is 22.4 Å². The van der Waals surface area contributed by atoms with Crippen LogP contribution >= 0.6 is 0 Å². The monoisotopic (exact) mass is 347 g/mol. The van der Waals surface area contributed by atoms with Gasteiger partial charge in [-0.25, -0.2) is 18.7 Å². The van der Waals surface area contributed by atoms with Gasteiger partial charge in [0, 0.05) is 26.2 Å². The third-order valence-electron chi connectivity index (χ3n) is 4.59. The van der Waals surface area contributed by atoms with Crippen LogP contribution in [0.1, 0.15) is 0 Å². The van der Waals surface area contributed by atoms with Crippen LogP contribution in [0, 0.1) is 0 Å². The predicted octanol–water partition coefficient (Wildman–Crippen LogP) is 1.63. The van der Waals surface area contributed by atoms with Crippen molar-refractivity contribution in [3.8, 4) is 0 Å². The lowest BCUT2D eigenvalue weighted by Gasteiger charge is -2.36. The van der Waals surface area contributed by atoms with Crippen LogP contribution in [0.4, 0.5) is 14.6 Å². The molecule has 1 fully saturated rings. The molecule has 1 aliphatic heterocycles. The van der Waals surface area contributed by atoms with Crippen molar-refractivity contribution in [3.63, 3.8) is 0 Å². The molecule has 0 saturated carbocycles. The van der Waals surface area contributed by atoms with E-state index in [1.165, 1.54) is 0 Å². The minimum absolute atomic E-state index is 0.412. The maximum absolute atomic E-state index is 13.4. The molecule has 0 radical (unpaired) electrons. The summed E-state index contributed by atoms with van der Waals surface area (Å²) < 4.78 is 28.7. The van der Waals surface area contributed by atoms with E-state index < -0.39 is 19.1 Å². The summed E-state index contributed by atoms with van der Waals surface area (Å²) >= 11 is 0. The van der Waals surface area contributed by atoms with E-state index in [2.05, 4.69) is 9.88 Å². The summed E-state index contributed by atoms with van der Waals surface area (Å²) in [5.74, 6) is -2.23. The van der Waals surface area contributed by atoms with Crippen LogP contribution in [0.25, 0.3) is 16.6 Å². The smallest absolute Gasteiger partial charge is 0.283 e. The molecule has 0 unspecified atom stereocenters. The van der Waals surface area contributed by atoms with Gasteiger partial charge in [-0.3, -0.25) is 9.30 Å². The first kappa shape index (κ1) is 16.2. The molecule has 0 amide bonds. The minimum atomic E-state index is -3.05. The van der Waals surface area contributed by atoms with Crippen molar-refractivity contribution in [2.75, 3.05) is 44.2 Å².